The highest BCUT2D eigenvalue weighted by Gasteiger charge is 2.26. The van der Waals surface area contributed by atoms with Gasteiger partial charge in [-0.1, -0.05) is 30.8 Å². The first-order valence-electron chi connectivity index (χ1n) is 8.38. The maximum absolute atomic E-state index is 12.7. The average molecular weight is 354 g/mol. The highest BCUT2D eigenvalue weighted by atomic mass is 32.1. The summed E-state index contributed by atoms with van der Waals surface area (Å²) in [6, 6.07) is 8.03. The SMILES string of the molecule is C=CC(=O)N1CCc2c(C(=O)N[C@H](C)c3ccccc3C)csc2C1. The minimum atomic E-state index is -0.0572. The lowest BCUT2D eigenvalue weighted by atomic mass is 10.0. The highest BCUT2D eigenvalue weighted by Crippen LogP contribution is 2.29. The second-order valence-electron chi connectivity index (χ2n) is 6.32. The number of thiophene rings is 1. The van der Waals surface area contributed by atoms with E-state index < -0.39 is 0 Å². The molecule has 0 unspecified atom stereocenters. The van der Waals surface area contributed by atoms with Crippen LogP contribution in [0.1, 0.15) is 44.9 Å². The van der Waals surface area contributed by atoms with Gasteiger partial charge in [0.05, 0.1) is 18.2 Å². The summed E-state index contributed by atoms with van der Waals surface area (Å²) < 4.78 is 0. The summed E-state index contributed by atoms with van der Waals surface area (Å²) in [5.74, 6) is -0.102. The van der Waals surface area contributed by atoms with Crippen LogP contribution in [0.4, 0.5) is 0 Å². The van der Waals surface area contributed by atoms with Crippen LogP contribution in [0.15, 0.2) is 42.3 Å². The molecule has 2 heterocycles. The Morgan fingerprint density at radius 3 is 2.84 bits per heavy atom. The first-order chi connectivity index (χ1) is 12.0. The molecule has 0 fully saturated rings. The maximum Gasteiger partial charge on any atom is 0.252 e. The van der Waals surface area contributed by atoms with E-state index in [1.807, 2.05) is 30.5 Å². The van der Waals surface area contributed by atoms with Gasteiger partial charge in [0.2, 0.25) is 5.91 Å². The lowest BCUT2D eigenvalue weighted by Crippen LogP contribution is -2.35. The molecule has 0 bridgehead atoms. The lowest BCUT2D eigenvalue weighted by Gasteiger charge is -2.26. The number of aryl methyl sites for hydroxylation is 1. The van der Waals surface area contributed by atoms with Gasteiger partial charge in [-0.2, -0.15) is 0 Å². The number of rotatable bonds is 4. The molecule has 0 aliphatic carbocycles. The van der Waals surface area contributed by atoms with E-state index in [9.17, 15) is 9.59 Å². The van der Waals surface area contributed by atoms with Crippen LogP contribution in [0.25, 0.3) is 0 Å². The Morgan fingerprint density at radius 2 is 2.12 bits per heavy atom. The van der Waals surface area contributed by atoms with E-state index in [4.69, 9.17) is 0 Å². The van der Waals surface area contributed by atoms with E-state index in [2.05, 4.69) is 24.9 Å². The fraction of sp³-hybridized carbons (Fsp3) is 0.300. The molecule has 25 heavy (non-hydrogen) atoms. The van der Waals surface area contributed by atoms with Gasteiger partial charge in [0, 0.05) is 16.8 Å². The third kappa shape index (κ3) is 3.51. The fourth-order valence-electron chi connectivity index (χ4n) is 3.26. The first-order valence-corrected chi connectivity index (χ1v) is 9.26. The van der Waals surface area contributed by atoms with Gasteiger partial charge in [-0.15, -0.1) is 11.3 Å². The zero-order valence-electron chi connectivity index (χ0n) is 14.5. The van der Waals surface area contributed by atoms with Crippen LogP contribution in [0, 0.1) is 6.92 Å². The van der Waals surface area contributed by atoms with E-state index in [-0.39, 0.29) is 17.9 Å². The Kier molecular flexibility index (Phi) is 5.04. The molecule has 0 spiro atoms. The summed E-state index contributed by atoms with van der Waals surface area (Å²) in [4.78, 5) is 27.4. The van der Waals surface area contributed by atoms with Crippen LogP contribution >= 0.6 is 11.3 Å². The van der Waals surface area contributed by atoms with Gasteiger partial charge in [-0.25, -0.2) is 0 Å². The summed E-state index contributed by atoms with van der Waals surface area (Å²) in [6.07, 6.45) is 2.05. The maximum atomic E-state index is 12.7. The van der Waals surface area contributed by atoms with Gasteiger partial charge in [0.15, 0.2) is 0 Å². The molecular formula is C20H22N2O2S. The van der Waals surface area contributed by atoms with E-state index in [0.717, 1.165) is 21.6 Å². The minimum Gasteiger partial charge on any atom is -0.345 e. The van der Waals surface area contributed by atoms with Gasteiger partial charge in [0.1, 0.15) is 0 Å². The zero-order chi connectivity index (χ0) is 18.0. The Bertz CT molecular complexity index is 825. The van der Waals surface area contributed by atoms with Crippen molar-refractivity contribution in [2.45, 2.75) is 32.9 Å². The van der Waals surface area contributed by atoms with Gasteiger partial charge < -0.3 is 10.2 Å². The highest BCUT2D eigenvalue weighted by molar-refractivity contribution is 7.10. The number of nitrogens with one attached hydrogen (secondary N) is 1. The molecular weight excluding hydrogens is 332 g/mol. The smallest absolute Gasteiger partial charge is 0.252 e. The number of fused-ring (bicyclic) bond motifs is 1. The summed E-state index contributed by atoms with van der Waals surface area (Å²) in [7, 11) is 0. The number of carbonyl (C=O) groups excluding carboxylic acids is 2. The molecule has 4 nitrogen and oxygen atoms in total. The standard InChI is InChI=1S/C20H22N2O2S/c1-4-19(23)22-10-9-16-17(12-25-18(16)11-22)20(24)21-14(3)15-8-6-5-7-13(15)2/h4-8,12,14H,1,9-11H2,2-3H3,(H,21,24)/t14-/m1/s1. The average Bonchev–Trinajstić information content (AvgIpc) is 3.04. The fourth-order valence-corrected chi connectivity index (χ4v) is 4.36. The Morgan fingerprint density at radius 1 is 1.36 bits per heavy atom. The largest absolute Gasteiger partial charge is 0.345 e. The Hall–Kier alpha value is -2.40. The monoisotopic (exact) mass is 354 g/mol. The molecule has 0 saturated heterocycles. The number of nitrogens with zero attached hydrogens (tertiary/aromatic N) is 1. The summed E-state index contributed by atoms with van der Waals surface area (Å²) >= 11 is 1.55. The first kappa shape index (κ1) is 17.4. The molecule has 2 aromatic rings. The summed E-state index contributed by atoms with van der Waals surface area (Å²) in [5, 5.41) is 5.01. The van der Waals surface area contributed by atoms with Crippen molar-refractivity contribution in [1.29, 1.82) is 0 Å². The molecule has 1 aliphatic rings. The van der Waals surface area contributed by atoms with E-state index in [0.29, 0.717) is 19.5 Å². The molecule has 0 saturated carbocycles. The Balaban J connectivity index is 1.74. The molecule has 1 N–H and O–H groups in total. The van der Waals surface area contributed by atoms with Crippen molar-refractivity contribution >= 4 is 23.2 Å². The number of hydrogen-bond donors (Lipinski definition) is 1. The van der Waals surface area contributed by atoms with E-state index in [1.54, 1.807) is 16.2 Å². The topological polar surface area (TPSA) is 49.4 Å². The summed E-state index contributed by atoms with van der Waals surface area (Å²) in [5.41, 5.74) is 4.11. The number of benzene rings is 1. The quantitative estimate of drug-likeness (QED) is 0.853. The molecule has 5 heteroatoms. The van der Waals surface area contributed by atoms with Crippen LogP contribution in [-0.2, 0) is 17.8 Å². The normalized spacial score (nSPS) is 14.6. The van der Waals surface area contributed by atoms with Gasteiger partial charge in [-0.05, 0) is 43.0 Å². The van der Waals surface area contributed by atoms with Crippen LogP contribution in [0.3, 0.4) is 0 Å². The van der Waals surface area contributed by atoms with Crippen molar-refractivity contribution in [3.05, 3.63) is 69.4 Å². The predicted octanol–water partition coefficient (Wildman–Crippen LogP) is 3.62. The molecule has 1 aliphatic heterocycles. The van der Waals surface area contributed by atoms with Gasteiger partial charge in [0.25, 0.3) is 5.91 Å². The van der Waals surface area contributed by atoms with Crippen LogP contribution in [0.5, 0.6) is 0 Å². The van der Waals surface area contributed by atoms with Crippen molar-refractivity contribution < 1.29 is 9.59 Å². The number of carbonyl (C=O) groups is 2. The van der Waals surface area contributed by atoms with Crippen molar-refractivity contribution in [1.82, 2.24) is 10.2 Å². The Labute approximate surface area is 152 Å². The molecule has 1 atom stereocenters. The molecule has 0 radical (unpaired) electrons. The summed E-state index contributed by atoms with van der Waals surface area (Å²) in [6.45, 7) is 8.78. The number of amides is 2. The van der Waals surface area contributed by atoms with E-state index >= 15 is 0 Å². The molecule has 1 aromatic carbocycles. The molecule has 130 valence electrons. The van der Waals surface area contributed by atoms with Gasteiger partial charge in [-0.3, -0.25) is 9.59 Å². The molecule has 1 aromatic heterocycles. The van der Waals surface area contributed by atoms with Crippen molar-refractivity contribution in [3.8, 4) is 0 Å². The van der Waals surface area contributed by atoms with Crippen molar-refractivity contribution in [3.63, 3.8) is 0 Å². The predicted molar refractivity (Wildman–Crippen MR) is 101 cm³/mol. The van der Waals surface area contributed by atoms with Crippen LogP contribution in [-0.4, -0.2) is 23.3 Å². The van der Waals surface area contributed by atoms with Crippen LogP contribution < -0.4 is 5.32 Å². The third-order valence-electron chi connectivity index (χ3n) is 4.68. The molecule has 2 amide bonds. The van der Waals surface area contributed by atoms with Crippen molar-refractivity contribution in [2.24, 2.45) is 0 Å². The molecule has 3 rings (SSSR count). The van der Waals surface area contributed by atoms with Crippen molar-refractivity contribution in [2.75, 3.05) is 6.54 Å². The third-order valence-corrected chi connectivity index (χ3v) is 5.69. The second kappa shape index (κ2) is 7.23. The zero-order valence-corrected chi connectivity index (χ0v) is 15.4. The van der Waals surface area contributed by atoms with E-state index in [1.165, 1.54) is 11.6 Å². The van der Waals surface area contributed by atoms with Crippen LogP contribution in [0.2, 0.25) is 0 Å². The lowest BCUT2D eigenvalue weighted by molar-refractivity contribution is -0.126. The second-order valence-corrected chi connectivity index (χ2v) is 7.28. The minimum absolute atomic E-state index is 0.0447. The number of hydrogen-bond acceptors (Lipinski definition) is 3. The van der Waals surface area contributed by atoms with Gasteiger partial charge >= 0.3 is 0 Å².